The number of pyridine rings is 1. The lowest BCUT2D eigenvalue weighted by molar-refractivity contribution is -0.120. The van der Waals surface area contributed by atoms with E-state index in [-0.39, 0.29) is 17.5 Å². The van der Waals surface area contributed by atoms with Crippen molar-refractivity contribution in [2.45, 2.75) is 33.2 Å². The second kappa shape index (κ2) is 5.51. The molecule has 4 rings (SSSR count). The summed E-state index contributed by atoms with van der Waals surface area (Å²) >= 11 is 0. The van der Waals surface area contributed by atoms with Crippen LogP contribution in [0.3, 0.4) is 0 Å². The van der Waals surface area contributed by atoms with Crippen LogP contribution in [0.5, 0.6) is 0 Å². The minimum absolute atomic E-state index is 0.203. The number of hydrogen-bond acceptors (Lipinski definition) is 3. The van der Waals surface area contributed by atoms with Crippen LogP contribution in [0.1, 0.15) is 24.0 Å². The second-order valence-corrected chi connectivity index (χ2v) is 6.52. The average Bonchev–Trinajstić information content (AvgIpc) is 3.36. The fraction of sp³-hybridized carbons (Fsp3) is 0.316. The van der Waals surface area contributed by atoms with Crippen LogP contribution in [0.4, 0.5) is 4.39 Å². The highest BCUT2D eigenvalue weighted by Crippen LogP contribution is 2.31. The lowest BCUT2D eigenvalue weighted by Crippen LogP contribution is -2.12. The summed E-state index contributed by atoms with van der Waals surface area (Å²) in [6.45, 7) is 3.98. The van der Waals surface area contributed by atoms with Crippen molar-refractivity contribution >= 4 is 16.8 Å². The van der Waals surface area contributed by atoms with E-state index >= 15 is 0 Å². The number of ketones is 1. The molecule has 4 nitrogen and oxygen atoms in total. The third-order valence-electron chi connectivity index (χ3n) is 4.87. The van der Waals surface area contributed by atoms with Crippen LogP contribution in [0.25, 0.3) is 22.2 Å². The molecule has 1 aromatic carbocycles. The average molecular weight is 323 g/mol. The van der Waals surface area contributed by atoms with E-state index in [1.165, 1.54) is 6.07 Å². The molecule has 3 aromatic rings. The Hall–Kier alpha value is -2.56. The van der Waals surface area contributed by atoms with Gasteiger partial charge in [-0.15, -0.1) is 0 Å². The standard InChI is InChI=1S/C19H18FN3O/c1-11-12(2)16(20)6-5-15(11)14-7-18-17(21-8-14)9-22-23(18)10-19(24)13-3-4-13/h5-9,13H,3-4,10H2,1-2H3. The monoisotopic (exact) mass is 323 g/mol. The number of rotatable bonds is 4. The van der Waals surface area contributed by atoms with Crippen LogP contribution in [-0.2, 0) is 11.3 Å². The van der Waals surface area contributed by atoms with E-state index in [2.05, 4.69) is 10.1 Å². The summed E-state index contributed by atoms with van der Waals surface area (Å²) in [6, 6.07) is 5.24. The summed E-state index contributed by atoms with van der Waals surface area (Å²) in [5.41, 5.74) is 5.00. The minimum atomic E-state index is -0.203. The zero-order chi connectivity index (χ0) is 16.8. The van der Waals surface area contributed by atoms with Gasteiger partial charge >= 0.3 is 0 Å². The zero-order valence-electron chi connectivity index (χ0n) is 13.7. The van der Waals surface area contributed by atoms with Crippen LogP contribution < -0.4 is 0 Å². The van der Waals surface area contributed by atoms with E-state index in [1.807, 2.05) is 13.0 Å². The molecule has 0 amide bonds. The lowest BCUT2D eigenvalue weighted by Gasteiger charge is -2.10. The second-order valence-electron chi connectivity index (χ2n) is 6.52. The summed E-state index contributed by atoms with van der Waals surface area (Å²) < 4.78 is 15.4. The largest absolute Gasteiger partial charge is 0.297 e. The number of carbonyl (C=O) groups excluding carboxylic acids is 1. The number of Topliss-reactive ketones (excluding diaryl/α,β-unsaturated/α-hetero) is 1. The Bertz CT molecular complexity index is 957. The van der Waals surface area contributed by atoms with E-state index in [9.17, 15) is 9.18 Å². The number of benzene rings is 1. The Morgan fingerprint density at radius 3 is 2.79 bits per heavy atom. The normalized spacial score (nSPS) is 14.3. The number of nitrogens with zero attached hydrogens (tertiary/aromatic N) is 3. The van der Waals surface area contributed by atoms with Gasteiger partial charge < -0.3 is 0 Å². The van der Waals surface area contributed by atoms with Gasteiger partial charge in [0.25, 0.3) is 0 Å². The first-order chi connectivity index (χ1) is 11.5. The predicted octanol–water partition coefficient (Wildman–Crippen LogP) is 3.83. The molecule has 1 aliphatic carbocycles. The highest BCUT2D eigenvalue weighted by Gasteiger charge is 2.29. The SMILES string of the molecule is Cc1c(F)ccc(-c2cnc3cnn(CC(=O)C4CC4)c3c2)c1C. The molecule has 0 spiro atoms. The van der Waals surface area contributed by atoms with Crippen LogP contribution in [0.15, 0.2) is 30.6 Å². The molecule has 0 aliphatic heterocycles. The molecule has 0 bridgehead atoms. The molecule has 0 atom stereocenters. The maximum absolute atomic E-state index is 13.7. The third-order valence-corrected chi connectivity index (χ3v) is 4.87. The first-order valence-corrected chi connectivity index (χ1v) is 8.15. The number of fused-ring (bicyclic) bond motifs is 1. The minimum Gasteiger partial charge on any atom is -0.297 e. The van der Waals surface area contributed by atoms with Crippen molar-refractivity contribution in [1.82, 2.24) is 14.8 Å². The Kier molecular flexibility index (Phi) is 3.44. The van der Waals surface area contributed by atoms with Gasteiger partial charge in [-0.2, -0.15) is 5.10 Å². The van der Waals surface area contributed by atoms with E-state index in [1.54, 1.807) is 30.1 Å². The number of hydrogen-bond donors (Lipinski definition) is 0. The van der Waals surface area contributed by atoms with Gasteiger partial charge in [-0.3, -0.25) is 14.5 Å². The number of halogens is 1. The van der Waals surface area contributed by atoms with Crippen molar-refractivity contribution < 1.29 is 9.18 Å². The first-order valence-electron chi connectivity index (χ1n) is 8.15. The molecule has 1 aliphatic rings. The molecule has 5 heteroatoms. The zero-order valence-corrected chi connectivity index (χ0v) is 13.7. The lowest BCUT2D eigenvalue weighted by atomic mass is 9.97. The van der Waals surface area contributed by atoms with Crippen molar-refractivity contribution in [1.29, 1.82) is 0 Å². The molecule has 1 saturated carbocycles. The summed E-state index contributed by atoms with van der Waals surface area (Å²) in [5.74, 6) is 0.243. The maximum atomic E-state index is 13.7. The van der Waals surface area contributed by atoms with E-state index in [4.69, 9.17) is 0 Å². The molecule has 122 valence electrons. The van der Waals surface area contributed by atoms with Crippen molar-refractivity contribution in [3.8, 4) is 11.1 Å². The molecule has 0 unspecified atom stereocenters. The van der Waals surface area contributed by atoms with Gasteiger partial charge in [-0.1, -0.05) is 6.07 Å². The molecular formula is C19H18FN3O. The Labute approximate surface area is 139 Å². The van der Waals surface area contributed by atoms with Crippen molar-refractivity contribution in [2.24, 2.45) is 5.92 Å². The molecule has 0 saturated heterocycles. The van der Waals surface area contributed by atoms with Gasteiger partial charge in [-0.05, 0) is 55.5 Å². The van der Waals surface area contributed by atoms with Gasteiger partial charge in [0, 0.05) is 17.7 Å². The quantitative estimate of drug-likeness (QED) is 0.733. The number of aromatic nitrogens is 3. The van der Waals surface area contributed by atoms with E-state index in [0.717, 1.165) is 40.6 Å². The molecule has 2 heterocycles. The summed E-state index contributed by atoms with van der Waals surface area (Å²) in [5, 5.41) is 4.31. The van der Waals surface area contributed by atoms with E-state index in [0.29, 0.717) is 12.1 Å². The maximum Gasteiger partial charge on any atom is 0.157 e. The number of carbonyl (C=O) groups is 1. The smallest absolute Gasteiger partial charge is 0.157 e. The molecule has 24 heavy (non-hydrogen) atoms. The van der Waals surface area contributed by atoms with Crippen LogP contribution in [-0.4, -0.2) is 20.5 Å². The van der Waals surface area contributed by atoms with Crippen LogP contribution in [0, 0.1) is 25.6 Å². The molecule has 1 fully saturated rings. The van der Waals surface area contributed by atoms with Gasteiger partial charge in [-0.25, -0.2) is 4.39 Å². The first kappa shape index (κ1) is 15.0. The molecule has 0 radical (unpaired) electrons. The third kappa shape index (κ3) is 2.50. The van der Waals surface area contributed by atoms with Gasteiger partial charge in [0.1, 0.15) is 17.9 Å². The van der Waals surface area contributed by atoms with Gasteiger partial charge in [0.05, 0.1) is 11.7 Å². The van der Waals surface area contributed by atoms with Crippen LogP contribution >= 0.6 is 0 Å². The fourth-order valence-corrected chi connectivity index (χ4v) is 3.01. The van der Waals surface area contributed by atoms with Crippen molar-refractivity contribution in [3.63, 3.8) is 0 Å². The molecule has 2 aromatic heterocycles. The molecular weight excluding hydrogens is 305 g/mol. The Morgan fingerprint density at radius 1 is 1.25 bits per heavy atom. The Morgan fingerprint density at radius 2 is 2.04 bits per heavy atom. The van der Waals surface area contributed by atoms with Crippen molar-refractivity contribution in [2.75, 3.05) is 0 Å². The summed E-state index contributed by atoms with van der Waals surface area (Å²) in [7, 11) is 0. The predicted molar refractivity (Wildman–Crippen MR) is 90.1 cm³/mol. The Balaban J connectivity index is 1.77. The van der Waals surface area contributed by atoms with Gasteiger partial charge in [0.2, 0.25) is 0 Å². The summed E-state index contributed by atoms with van der Waals surface area (Å²) in [4.78, 5) is 16.5. The van der Waals surface area contributed by atoms with E-state index < -0.39 is 0 Å². The van der Waals surface area contributed by atoms with Crippen LogP contribution in [0.2, 0.25) is 0 Å². The summed E-state index contributed by atoms with van der Waals surface area (Å²) in [6.07, 6.45) is 5.45. The molecule has 0 N–H and O–H groups in total. The topological polar surface area (TPSA) is 47.8 Å². The highest BCUT2D eigenvalue weighted by atomic mass is 19.1. The van der Waals surface area contributed by atoms with Gasteiger partial charge in [0.15, 0.2) is 5.78 Å². The highest BCUT2D eigenvalue weighted by molar-refractivity contribution is 5.86. The fourth-order valence-electron chi connectivity index (χ4n) is 3.01. The van der Waals surface area contributed by atoms with Crippen molar-refractivity contribution in [3.05, 3.63) is 47.5 Å².